The summed E-state index contributed by atoms with van der Waals surface area (Å²) in [4.78, 5) is 42.3. The number of nitrogens with zero attached hydrogens (tertiary/aromatic N) is 2. The lowest BCUT2D eigenvalue weighted by atomic mass is 9.91. The molecule has 2 N–H and O–H groups in total. The number of nitrogens with two attached hydrogens (primary N) is 1. The van der Waals surface area contributed by atoms with Crippen molar-refractivity contribution in [2.24, 2.45) is 11.7 Å². The molecule has 7 nitrogen and oxygen atoms in total. The van der Waals surface area contributed by atoms with Crippen molar-refractivity contribution in [2.75, 3.05) is 13.6 Å². The number of halogens is 2. The van der Waals surface area contributed by atoms with Crippen LogP contribution in [0.3, 0.4) is 0 Å². The number of benzene rings is 1. The monoisotopic (exact) mass is 357 g/mol. The van der Waals surface area contributed by atoms with Crippen molar-refractivity contribution < 1.29 is 19.2 Å². The first-order valence-electron chi connectivity index (χ1n) is 6.79. The molecule has 2 aliphatic heterocycles. The molecule has 2 fully saturated rings. The zero-order chi connectivity index (χ0) is 16.9. The number of likely N-dealkylation sites (tertiary alicyclic amines) is 1. The molecule has 9 heteroatoms. The molecule has 3 atom stereocenters. The van der Waals surface area contributed by atoms with Crippen LogP contribution in [0.25, 0.3) is 0 Å². The predicted octanol–water partition coefficient (Wildman–Crippen LogP) is 0.750. The van der Waals surface area contributed by atoms with E-state index in [1.165, 1.54) is 12.1 Å². The van der Waals surface area contributed by atoms with Gasteiger partial charge in [-0.3, -0.25) is 24.1 Å². The van der Waals surface area contributed by atoms with Gasteiger partial charge in [0.05, 0.1) is 22.0 Å². The summed E-state index contributed by atoms with van der Waals surface area (Å²) in [6, 6.07) is 4.20. The highest BCUT2D eigenvalue weighted by atomic mass is 35.5. The maximum absolute atomic E-state index is 12.4. The lowest BCUT2D eigenvalue weighted by molar-refractivity contribution is -0.181. The molecule has 1 aromatic rings. The van der Waals surface area contributed by atoms with Gasteiger partial charge in [-0.05, 0) is 17.7 Å². The number of imide groups is 1. The quantitative estimate of drug-likeness (QED) is 0.805. The summed E-state index contributed by atoms with van der Waals surface area (Å²) in [5, 5.41) is 1.93. The van der Waals surface area contributed by atoms with Crippen LogP contribution in [-0.4, -0.2) is 47.4 Å². The van der Waals surface area contributed by atoms with Gasteiger partial charge in [0.25, 0.3) is 5.91 Å². The summed E-state index contributed by atoms with van der Waals surface area (Å²) >= 11 is 12.0. The number of rotatable bonds is 3. The molecule has 0 spiro atoms. The van der Waals surface area contributed by atoms with Crippen molar-refractivity contribution in [1.29, 1.82) is 0 Å². The van der Waals surface area contributed by atoms with Crippen LogP contribution in [0.2, 0.25) is 10.0 Å². The van der Waals surface area contributed by atoms with Crippen molar-refractivity contribution in [1.82, 2.24) is 9.96 Å². The van der Waals surface area contributed by atoms with E-state index in [1.807, 2.05) is 0 Å². The minimum atomic E-state index is -0.966. The molecule has 2 heterocycles. The Kier molecular flexibility index (Phi) is 4.05. The number of fused-ring (bicyclic) bond motifs is 1. The average Bonchev–Trinajstić information content (AvgIpc) is 2.94. The summed E-state index contributed by atoms with van der Waals surface area (Å²) in [7, 11) is 1.40. The van der Waals surface area contributed by atoms with Gasteiger partial charge in [0.1, 0.15) is 6.54 Å². The van der Waals surface area contributed by atoms with E-state index in [0.29, 0.717) is 15.6 Å². The first-order chi connectivity index (χ1) is 10.8. The first-order valence-corrected chi connectivity index (χ1v) is 7.55. The minimum absolute atomic E-state index is 0.248. The number of carbonyl (C=O) groups excluding carboxylic acids is 3. The summed E-state index contributed by atoms with van der Waals surface area (Å²) in [5.74, 6) is -2.22. The standard InChI is InChI=1S/C14H13Cl2N3O4/c1-18-13(21)10-11(6-2-3-7(15)8(16)4-6)19(5-9(17)20)23-12(10)14(18)22/h2-4,10-12H,5H2,1H3,(H2,17,20). The number of hydroxylamine groups is 2. The minimum Gasteiger partial charge on any atom is -0.368 e. The van der Waals surface area contributed by atoms with Gasteiger partial charge in [-0.15, -0.1) is 0 Å². The molecule has 0 aromatic heterocycles. The van der Waals surface area contributed by atoms with Gasteiger partial charge >= 0.3 is 0 Å². The van der Waals surface area contributed by atoms with E-state index in [1.54, 1.807) is 18.2 Å². The van der Waals surface area contributed by atoms with E-state index in [-0.39, 0.29) is 12.5 Å². The topological polar surface area (TPSA) is 92.9 Å². The van der Waals surface area contributed by atoms with E-state index in [2.05, 4.69) is 0 Å². The van der Waals surface area contributed by atoms with Gasteiger partial charge in [-0.2, -0.15) is 5.06 Å². The Morgan fingerprint density at radius 3 is 2.57 bits per heavy atom. The fraction of sp³-hybridized carbons (Fsp3) is 0.357. The highest BCUT2D eigenvalue weighted by molar-refractivity contribution is 6.42. The third-order valence-electron chi connectivity index (χ3n) is 4.01. The molecule has 3 rings (SSSR count). The normalized spacial score (nSPS) is 27.6. The van der Waals surface area contributed by atoms with Crippen molar-refractivity contribution in [2.45, 2.75) is 12.1 Å². The largest absolute Gasteiger partial charge is 0.368 e. The summed E-state index contributed by atoms with van der Waals surface area (Å²) < 4.78 is 0. The zero-order valence-electron chi connectivity index (χ0n) is 12.0. The second kappa shape index (κ2) is 5.76. The maximum Gasteiger partial charge on any atom is 0.261 e. The van der Waals surface area contributed by atoms with Crippen LogP contribution in [-0.2, 0) is 19.2 Å². The molecule has 23 heavy (non-hydrogen) atoms. The molecule has 0 aliphatic carbocycles. The number of amides is 3. The average molecular weight is 358 g/mol. The molecular formula is C14H13Cl2N3O4. The Morgan fingerprint density at radius 1 is 1.26 bits per heavy atom. The molecule has 3 amide bonds. The zero-order valence-corrected chi connectivity index (χ0v) is 13.5. The second-order valence-corrected chi connectivity index (χ2v) is 6.26. The smallest absolute Gasteiger partial charge is 0.261 e. The number of hydrogen-bond acceptors (Lipinski definition) is 5. The summed E-state index contributed by atoms with van der Waals surface area (Å²) in [6.45, 7) is -0.248. The van der Waals surface area contributed by atoms with Crippen LogP contribution in [0.15, 0.2) is 18.2 Å². The number of carbonyl (C=O) groups is 3. The van der Waals surface area contributed by atoms with E-state index in [4.69, 9.17) is 33.8 Å². The first kappa shape index (κ1) is 16.2. The highest BCUT2D eigenvalue weighted by Gasteiger charge is 2.58. The van der Waals surface area contributed by atoms with Gasteiger partial charge in [-0.1, -0.05) is 29.3 Å². The molecule has 1 aromatic carbocycles. The molecule has 0 bridgehead atoms. The van der Waals surface area contributed by atoms with Crippen molar-refractivity contribution in [3.05, 3.63) is 33.8 Å². The summed E-state index contributed by atoms with van der Waals surface area (Å²) in [5.41, 5.74) is 5.84. The number of likely N-dealkylation sites (N-methyl/N-ethyl adjacent to an activating group) is 1. The lowest BCUT2D eigenvalue weighted by Gasteiger charge is -2.25. The SMILES string of the molecule is CN1C(=O)C2ON(CC(N)=O)C(c3ccc(Cl)c(Cl)c3)C2C1=O. The number of primary amides is 1. The maximum atomic E-state index is 12.4. The molecule has 2 aliphatic rings. The lowest BCUT2D eigenvalue weighted by Crippen LogP contribution is -2.38. The van der Waals surface area contributed by atoms with Gasteiger partial charge < -0.3 is 5.73 Å². The van der Waals surface area contributed by atoms with Gasteiger partial charge in [0.2, 0.25) is 11.8 Å². The van der Waals surface area contributed by atoms with Crippen LogP contribution in [0.4, 0.5) is 0 Å². The van der Waals surface area contributed by atoms with E-state index in [0.717, 1.165) is 4.90 Å². The van der Waals surface area contributed by atoms with Crippen molar-refractivity contribution >= 4 is 40.9 Å². The third kappa shape index (κ3) is 2.59. The van der Waals surface area contributed by atoms with Crippen LogP contribution in [0.5, 0.6) is 0 Å². The molecule has 2 saturated heterocycles. The van der Waals surface area contributed by atoms with Gasteiger partial charge in [0, 0.05) is 7.05 Å². The fourth-order valence-electron chi connectivity index (χ4n) is 2.97. The second-order valence-electron chi connectivity index (χ2n) is 5.45. The Labute approximate surface area is 141 Å². The molecular weight excluding hydrogens is 345 g/mol. The highest BCUT2D eigenvalue weighted by Crippen LogP contribution is 2.44. The molecule has 122 valence electrons. The van der Waals surface area contributed by atoms with Crippen LogP contribution >= 0.6 is 23.2 Å². The van der Waals surface area contributed by atoms with E-state index < -0.39 is 29.9 Å². The van der Waals surface area contributed by atoms with E-state index >= 15 is 0 Å². The predicted molar refractivity (Wildman–Crippen MR) is 81.2 cm³/mol. The molecule has 0 radical (unpaired) electrons. The van der Waals surface area contributed by atoms with Crippen molar-refractivity contribution in [3.63, 3.8) is 0 Å². The Balaban J connectivity index is 2.04. The Morgan fingerprint density at radius 2 is 1.96 bits per heavy atom. The van der Waals surface area contributed by atoms with Crippen molar-refractivity contribution in [3.8, 4) is 0 Å². The Bertz CT molecular complexity index is 711. The number of hydrogen-bond donors (Lipinski definition) is 1. The van der Waals surface area contributed by atoms with E-state index in [9.17, 15) is 14.4 Å². The van der Waals surface area contributed by atoms with Gasteiger partial charge in [-0.25, -0.2) is 0 Å². The van der Waals surface area contributed by atoms with Crippen LogP contribution in [0, 0.1) is 5.92 Å². The Hall–Kier alpha value is -1.67. The third-order valence-corrected chi connectivity index (χ3v) is 4.75. The van der Waals surface area contributed by atoms with Crippen LogP contribution in [0.1, 0.15) is 11.6 Å². The molecule has 3 unspecified atom stereocenters. The van der Waals surface area contributed by atoms with Crippen LogP contribution < -0.4 is 5.73 Å². The molecule has 0 saturated carbocycles. The summed E-state index contributed by atoms with van der Waals surface area (Å²) in [6.07, 6.45) is -0.966. The van der Waals surface area contributed by atoms with Gasteiger partial charge in [0.15, 0.2) is 6.10 Å². The fourth-order valence-corrected chi connectivity index (χ4v) is 3.27.